The molecular formula is C9H10Cl2N2O3. The molecule has 0 unspecified atom stereocenters. The molecule has 0 radical (unpaired) electrons. The molecule has 1 N–H and O–H groups in total. The summed E-state index contributed by atoms with van der Waals surface area (Å²) in [7, 11) is 1.57. The Hall–Kier alpha value is -1.04. The lowest BCUT2D eigenvalue weighted by Crippen LogP contribution is -2.08. The lowest BCUT2D eigenvalue weighted by atomic mass is 10.3. The number of nitro groups is 1. The molecule has 88 valence electrons. The highest BCUT2D eigenvalue weighted by atomic mass is 35.5. The van der Waals surface area contributed by atoms with Gasteiger partial charge in [0.1, 0.15) is 0 Å². The molecule has 1 aromatic rings. The summed E-state index contributed by atoms with van der Waals surface area (Å²) in [4.78, 5) is 9.98. The van der Waals surface area contributed by atoms with Crippen LogP contribution in [0.1, 0.15) is 0 Å². The molecule has 1 rings (SSSR count). The van der Waals surface area contributed by atoms with Crippen molar-refractivity contribution >= 4 is 34.6 Å². The van der Waals surface area contributed by atoms with Crippen molar-refractivity contribution in [3.63, 3.8) is 0 Å². The van der Waals surface area contributed by atoms with Gasteiger partial charge in [-0.1, -0.05) is 23.2 Å². The van der Waals surface area contributed by atoms with Crippen LogP contribution >= 0.6 is 23.2 Å². The first-order chi connectivity index (χ1) is 7.56. The molecule has 0 saturated heterocycles. The normalized spacial score (nSPS) is 10.2. The standard InChI is InChI=1S/C9H10Cl2N2O3/c1-16-3-2-12-9-7(10)4-6(13(14)15)5-8(9)11/h4-5,12H,2-3H2,1H3. The van der Waals surface area contributed by atoms with E-state index in [4.69, 9.17) is 27.9 Å². The third-order valence-electron chi connectivity index (χ3n) is 1.85. The number of methoxy groups -OCH3 is 1. The van der Waals surface area contributed by atoms with Gasteiger partial charge < -0.3 is 10.1 Å². The molecule has 0 spiro atoms. The number of hydrogen-bond donors (Lipinski definition) is 1. The Morgan fingerprint density at radius 2 is 2.00 bits per heavy atom. The fraction of sp³-hybridized carbons (Fsp3) is 0.333. The molecule has 7 heteroatoms. The SMILES string of the molecule is COCCNc1c(Cl)cc([N+](=O)[O-])cc1Cl. The number of hydrogen-bond acceptors (Lipinski definition) is 4. The van der Waals surface area contributed by atoms with Gasteiger partial charge in [-0.2, -0.15) is 0 Å². The highest BCUT2D eigenvalue weighted by Crippen LogP contribution is 2.34. The Bertz CT molecular complexity index is 375. The molecule has 16 heavy (non-hydrogen) atoms. The van der Waals surface area contributed by atoms with Crippen LogP contribution < -0.4 is 5.32 Å². The summed E-state index contributed by atoms with van der Waals surface area (Å²) >= 11 is 11.7. The van der Waals surface area contributed by atoms with Crippen LogP contribution in [0.3, 0.4) is 0 Å². The summed E-state index contributed by atoms with van der Waals surface area (Å²) in [5.41, 5.74) is 0.346. The molecule has 0 heterocycles. The van der Waals surface area contributed by atoms with Crippen LogP contribution in [0.2, 0.25) is 10.0 Å². The number of benzene rings is 1. The molecule has 0 saturated carbocycles. The minimum absolute atomic E-state index is 0.132. The second-order valence-corrected chi connectivity index (χ2v) is 3.78. The van der Waals surface area contributed by atoms with Gasteiger partial charge in [-0.05, 0) is 0 Å². The van der Waals surface area contributed by atoms with Crippen molar-refractivity contribution in [3.05, 3.63) is 32.3 Å². The van der Waals surface area contributed by atoms with Crippen LogP contribution in [0.25, 0.3) is 0 Å². The van der Waals surface area contributed by atoms with E-state index in [0.717, 1.165) is 0 Å². The van der Waals surface area contributed by atoms with Gasteiger partial charge in [-0.25, -0.2) is 0 Å². The van der Waals surface area contributed by atoms with Crippen molar-refractivity contribution in [1.82, 2.24) is 0 Å². The number of nitro benzene ring substituents is 1. The maximum absolute atomic E-state index is 10.5. The minimum atomic E-state index is -0.545. The van der Waals surface area contributed by atoms with Crippen molar-refractivity contribution in [1.29, 1.82) is 0 Å². The molecule has 1 aromatic carbocycles. The van der Waals surface area contributed by atoms with Crippen LogP contribution in [0, 0.1) is 10.1 Å². The zero-order valence-corrected chi connectivity index (χ0v) is 10.0. The first kappa shape index (κ1) is 13.0. The van der Waals surface area contributed by atoms with E-state index in [9.17, 15) is 10.1 Å². The van der Waals surface area contributed by atoms with E-state index >= 15 is 0 Å². The number of rotatable bonds is 5. The molecular weight excluding hydrogens is 255 g/mol. The van der Waals surface area contributed by atoms with Crippen molar-refractivity contribution in [3.8, 4) is 0 Å². The fourth-order valence-corrected chi connectivity index (χ4v) is 1.72. The summed E-state index contributed by atoms with van der Waals surface area (Å²) in [6, 6.07) is 2.51. The molecule has 0 aliphatic heterocycles. The van der Waals surface area contributed by atoms with E-state index in [1.54, 1.807) is 7.11 Å². The minimum Gasteiger partial charge on any atom is -0.383 e. The van der Waals surface area contributed by atoms with Crippen LogP contribution in [-0.2, 0) is 4.74 Å². The maximum Gasteiger partial charge on any atom is 0.272 e. The summed E-state index contributed by atoms with van der Waals surface area (Å²) in [5.74, 6) is 0. The Morgan fingerprint density at radius 3 is 2.44 bits per heavy atom. The number of nitrogens with one attached hydrogen (secondary N) is 1. The highest BCUT2D eigenvalue weighted by Gasteiger charge is 2.13. The molecule has 5 nitrogen and oxygen atoms in total. The van der Waals surface area contributed by atoms with E-state index in [2.05, 4.69) is 5.32 Å². The van der Waals surface area contributed by atoms with Gasteiger partial charge in [0.15, 0.2) is 0 Å². The smallest absolute Gasteiger partial charge is 0.272 e. The van der Waals surface area contributed by atoms with Crippen LogP contribution in [0.15, 0.2) is 12.1 Å². The van der Waals surface area contributed by atoms with Gasteiger partial charge >= 0.3 is 0 Å². The topological polar surface area (TPSA) is 64.4 Å². The first-order valence-corrected chi connectivity index (χ1v) is 5.18. The monoisotopic (exact) mass is 264 g/mol. The third kappa shape index (κ3) is 3.23. The molecule has 0 fully saturated rings. The first-order valence-electron chi connectivity index (χ1n) is 4.42. The lowest BCUT2D eigenvalue weighted by molar-refractivity contribution is -0.384. The van der Waals surface area contributed by atoms with E-state index in [1.165, 1.54) is 12.1 Å². The summed E-state index contributed by atoms with van der Waals surface area (Å²) in [5, 5.41) is 13.9. The molecule has 0 amide bonds. The molecule has 0 aliphatic carbocycles. The lowest BCUT2D eigenvalue weighted by Gasteiger charge is -2.09. The van der Waals surface area contributed by atoms with E-state index in [-0.39, 0.29) is 15.7 Å². The van der Waals surface area contributed by atoms with Gasteiger partial charge in [0.25, 0.3) is 5.69 Å². The molecule has 0 aliphatic rings. The summed E-state index contributed by atoms with van der Waals surface area (Å²) in [6.07, 6.45) is 0. The predicted molar refractivity (Wildman–Crippen MR) is 63.5 cm³/mol. The van der Waals surface area contributed by atoms with Gasteiger partial charge in [-0.15, -0.1) is 0 Å². The van der Waals surface area contributed by atoms with Crippen LogP contribution in [0.5, 0.6) is 0 Å². The van der Waals surface area contributed by atoms with Crippen LogP contribution in [0.4, 0.5) is 11.4 Å². The average molecular weight is 265 g/mol. The maximum atomic E-state index is 10.5. The second-order valence-electron chi connectivity index (χ2n) is 2.96. The van der Waals surface area contributed by atoms with Gasteiger partial charge in [0.2, 0.25) is 0 Å². The van der Waals surface area contributed by atoms with Gasteiger partial charge in [-0.3, -0.25) is 10.1 Å². The quantitative estimate of drug-likeness (QED) is 0.505. The van der Waals surface area contributed by atoms with Gasteiger partial charge in [0.05, 0.1) is 27.3 Å². The largest absolute Gasteiger partial charge is 0.383 e. The van der Waals surface area contributed by atoms with Crippen molar-refractivity contribution in [2.45, 2.75) is 0 Å². The van der Waals surface area contributed by atoms with E-state index in [1.807, 2.05) is 0 Å². The van der Waals surface area contributed by atoms with Crippen LogP contribution in [-0.4, -0.2) is 25.2 Å². The third-order valence-corrected chi connectivity index (χ3v) is 2.44. The number of ether oxygens (including phenoxy) is 1. The number of nitrogens with zero attached hydrogens (tertiary/aromatic N) is 1. The molecule has 0 aromatic heterocycles. The Labute approximate surface area is 102 Å². The Morgan fingerprint density at radius 1 is 1.44 bits per heavy atom. The van der Waals surface area contributed by atoms with Gasteiger partial charge in [0, 0.05) is 25.8 Å². The number of non-ortho nitro benzene ring substituents is 1. The number of anilines is 1. The Kier molecular flexibility index (Phi) is 4.79. The number of halogens is 2. The highest BCUT2D eigenvalue weighted by molar-refractivity contribution is 6.39. The second kappa shape index (κ2) is 5.89. The van der Waals surface area contributed by atoms with Crippen molar-refractivity contribution in [2.75, 3.05) is 25.6 Å². The molecule has 0 atom stereocenters. The predicted octanol–water partition coefficient (Wildman–Crippen LogP) is 2.96. The summed E-state index contributed by atoms with van der Waals surface area (Å²) < 4.78 is 4.85. The Balaban J connectivity index is 2.89. The zero-order chi connectivity index (χ0) is 12.1. The van der Waals surface area contributed by atoms with Crippen molar-refractivity contribution in [2.24, 2.45) is 0 Å². The van der Waals surface area contributed by atoms with E-state index < -0.39 is 4.92 Å². The van der Waals surface area contributed by atoms with Crippen molar-refractivity contribution < 1.29 is 9.66 Å². The van der Waals surface area contributed by atoms with E-state index in [0.29, 0.717) is 18.8 Å². The summed E-state index contributed by atoms with van der Waals surface area (Å²) in [6.45, 7) is 1.01. The molecule has 0 bridgehead atoms. The average Bonchev–Trinajstić information content (AvgIpc) is 2.21. The zero-order valence-electron chi connectivity index (χ0n) is 8.50. The fourth-order valence-electron chi connectivity index (χ4n) is 1.11.